The number of rotatable bonds is 6. The molecule has 5 rings (SSSR count). The second kappa shape index (κ2) is 8.69. The zero-order valence-electron chi connectivity index (χ0n) is 18.9. The van der Waals surface area contributed by atoms with Gasteiger partial charge in [0.15, 0.2) is 5.84 Å². The van der Waals surface area contributed by atoms with Crippen LogP contribution < -0.4 is 11.1 Å². The Morgan fingerprint density at radius 2 is 2.06 bits per heavy atom. The Labute approximate surface area is 193 Å². The van der Waals surface area contributed by atoms with E-state index in [-0.39, 0.29) is 12.6 Å². The lowest BCUT2D eigenvalue weighted by Crippen LogP contribution is -2.28. The maximum absolute atomic E-state index is 9.97. The number of aliphatic imine (C=N–C) groups is 1. The molecule has 0 fully saturated rings. The van der Waals surface area contributed by atoms with E-state index in [4.69, 9.17) is 10.7 Å². The molecule has 1 aromatic heterocycles. The van der Waals surface area contributed by atoms with E-state index in [1.54, 1.807) is 6.33 Å². The number of hydrogen-bond donors (Lipinski definition) is 3. The number of aliphatic hydroxyl groups excluding tert-OH is 1. The SMILES string of the molecule is Cc1cn(-c2ccc(NC3=CC=CN4CC(c5cc(CN)ccc5C)N=C34)cc2CO)cn1. The van der Waals surface area contributed by atoms with Crippen LogP contribution in [0.2, 0.25) is 0 Å². The number of nitrogens with zero attached hydrogens (tertiary/aromatic N) is 4. The van der Waals surface area contributed by atoms with Crippen molar-refractivity contribution in [2.24, 2.45) is 10.7 Å². The molecule has 4 N–H and O–H groups in total. The second-order valence-corrected chi connectivity index (χ2v) is 8.49. The maximum atomic E-state index is 9.97. The third-order valence-electron chi connectivity index (χ3n) is 6.15. The largest absolute Gasteiger partial charge is 0.392 e. The molecule has 0 spiro atoms. The molecule has 1 unspecified atom stereocenters. The van der Waals surface area contributed by atoms with E-state index in [1.807, 2.05) is 48.0 Å². The first kappa shape index (κ1) is 21.2. The molecule has 7 heteroatoms. The number of nitrogens with one attached hydrogen (secondary N) is 1. The number of fused-ring (bicyclic) bond motifs is 1. The highest BCUT2D eigenvalue weighted by molar-refractivity contribution is 6.03. The fraction of sp³-hybridized carbons (Fsp3) is 0.231. The summed E-state index contributed by atoms with van der Waals surface area (Å²) in [5.74, 6) is 0.917. The molecule has 33 heavy (non-hydrogen) atoms. The third-order valence-corrected chi connectivity index (χ3v) is 6.15. The van der Waals surface area contributed by atoms with Crippen LogP contribution in [-0.2, 0) is 13.2 Å². The van der Waals surface area contributed by atoms with Gasteiger partial charge in [0.05, 0.1) is 42.6 Å². The Morgan fingerprint density at radius 1 is 1.18 bits per heavy atom. The molecule has 2 aliphatic rings. The minimum Gasteiger partial charge on any atom is -0.392 e. The van der Waals surface area contributed by atoms with Gasteiger partial charge in [-0.1, -0.05) is 18.2 Å². The van der Waals surface area contributed by atoms with E-state index in [0.29, 0.717) is 6.54 Å². The summed E-state index contributed by atoms with van der Waals surface area (Å²) in [6, 6.07) is 12.4. The number of allylic oxidation sites excluding steroid dienone is 2. The molecular weight excluding hydrogens is 412 g/mol. The van der Waals surface area contributed by atoms with Gasteiger partial charge in [0.1, 0.15) is 0 Å². The van der Waals surface area contributed by atoms with Crippen molar-refractivity contribution in [2.75, 3.05) is 11.9 Å². The first-order chi connectivity index (χ1) is 16.1. The smallest absolute Gasteiger partial charge is 0.152 e. The van der Waals surface area contributed by atoms with Gasteiger partial charge in [-0.2, -0.15) is 0 Å². The number of nitrogens with two attached hydrogens (primary N) is 1. The zero-order valence-corrected chi connectivity index (χ0v) is 18.9. The molecule has 0 radical (unpaired) electrons. The highest BCUT2D eigenvalue weighted by Gasteiger charge is 2.29. The van der Waals surface area contributed by atoms with Gasteiger partial charge >= 0.3 is 0 Å². The fourth-order valence-electron chi connectivity index (χ4n) is 4.40. The third kappa shape index (κ3) is 4.08. The van der Waals surface area contributed by atoms with Crippen LogP contribution >= 0.6 is 0 Å². The first-order valence-corrected chi connectivity index (χ1v) is 11.1. The van der Waals surface area contributed by atoms with Crippen LogP contribution in [0.3, 0.4) is 0 Å². The normalized spacial score (nSPS) is 17.1. The topological polar surface area (TPSA) is 91.7 Å². The minimum absolute atomic E-state index is 0.0549. The summed E-state index contributed by atoms with van der Waals surface area (Å²) in [5, 5.41) is 13.5. The fourth-order valence-corrected chi connectivity index (χ4v) is 4.40. The summed E-state index contributed by atoms with van der Waals surface area (Å²) < 4.78 is 1.93. The standard InChI is InChI=1S/C26H28N6O/c1-17-5-6-19(12-27)10-22(17)24-14-31-9-3-4-23(26(31)30-24)29-21-7-8-25(20(11-21)15-33)32-13-18(2)28-16-32/h3-11,13,16,24,29,33H,12,14-15,27H2,1-2H3. The Morgan fingerprint density at radius 3 is 2.82 bits per heavy atom. The molecule has 0 aliphatic carbocycles. The van der Waals surface area contributed by atoms with Crippen molar-refractivity contribution in [1.29, 1.82) is 0 Å². The molecule has 1 atom stereocenters. The van der Waals surface area contributed by atoms with Gasteiger partial charge in [0, 0.05) is 30.2 Å². The van der Waals surface area contributed by atoms with Crippen LogP contribution in [-0.4, -0.2) is 31.9 Å². The number of aryl methyl sites for hydroxylation is 2. The summed E-state index contributed by atoms with van der Waals surface area (Å²) in [7, 11) is 0. The van der Waals surface area contributed by atoms with Crippen LogP contribution in [0.25, 0.3) is 5.69 Å². The molecule has 3 aromatic rings. The van der Waals surface area contributed by atoms with Crippen molar-refractivity contribution >= 4 is 11.5 Å². The molecule has 168 valence electrons. The second-order valence-electron chi connectivity index (χ2n) is 8.49. The van der Waals surface area contributed by atoms with Gasteiger partial charge in [-0.15, -0.1) is 0 Å². The number of aliphatic hydroxyl groups is 1. The molecule has 3 heterocycles. The summed E-state index contributed by atoms with van der Waals surface area (Å²) in [6.07, 6.45) is 9.84. The Bertz CT molecular complexity index is 1290. The predicted molar refractivity (Wildman–Crippen MR) is 131 cm³/mol. The van der Waals surface area contributed by atoms with Crippen LogP contribution in [0.4, 0.5) is 5.69 Å². The van der Waals surface area contributed by atoms with E-state index in [0.717, 1.165) is 46.3 Å². The Kier molecular flexibility index (Phi) is 5.58. The van der Waals surface area contributed by atoms with Crippen molar-refractivity contribution in [2.45, 2.75) is 33.0 Å². The van der Waals surface area contributed by atoms with Crippen molar-refractivity contribution in [3.05, 3.63) is 101 Å². The van der Waals surface area contributed by atoms with Gasteiger partial charge in [-0.25, -0.2) is 4.98 Å². The van der Waals surface area contributed by atoms with Gasteiger partial charge < -0.3 is 25.6 Å². The summed E-state index contributed by atoms with van der Waals surface area (Å²) >= 11 is 0. The first-order valence-electron chi connectivity index (χ1n) is 11.1. The van der Waals surface area contributed by atoms with Crippen molar-refractivity contribution in [3.63, 3.8) is 0 Å². The lowest BCUT2D eigenvalue weighted by molar-refractivity contribution is 0.281. The zero-order chi connectivity index (χ0) is 22.9. The molecule has 2 aromatic carbocycles. The van der Waals surface area contributed by atoms with E-state index >= 15 is 0 Å². The average molecular weight is 441 g/mol. The molecule has 0 saturated carbocycles. The summed E-state index contributed by atoms with van der Waals surface area (Å²) in [6.45, 7) is 5.32. The van der Waals surface area contributed by atoms with Crippen LogP contribution in [0.1, 0.15) is 34.0 Å². The van der Waals surface area contributed by atoms with Crippen molar-refractivity contribution in [1.82, 2.24) is 14.5 Å². The van der Waals surface area contributed by atoms with E-state index in [2.05, 4.69) is 46.5 Å². The lowest BCUT2D eigenvalue weighted by atomic mass is 9.99. The molecular formula is C26H28N6O. The van der Waals surface area contributed by atoms with Gasteiger partial charge in [0.2, 0.25) is 0 Å². The molecule has 0 bridgehead atoms. The van der Waals surface area contributed by atoms with Crippen molar-refractivity contribution in [3.8, 4) is 5.69 Å². The van der Waals surface area contributed by atoms with Crippen molar-refractivity contribution < 1.29 is 5.11 Å². The van der Waals surface area contributed by atoms with Gasteiger partial charge in [-0.05, 0) is 60.9 Å². The Hall–Kier alpha value is -3.68. The Balaban J connectivity index is 1.42. The summed E-state index contributed by atoms with van der Waals surface area (Å²) in [4.78, 5) is 11.5. The number of imidazole rings is 1. The van der Waals surface area contributed by atoms with E-state index in [1.165, 1.54) is 11.1 Å². The number of benzene rings is 2. The molecule has 0 saturated heterocycles. The monoisotopic (exact) mass is 440 g/mol. The van der Waals surface area contributed by atoms with E-state index in [9.17, 15) is 5.11 Å². The highest BCUT2D eigenvalue weighted by Crippen LogP contribution is 2.32. The number of amidine groups is 1. The quantitative estimate of drug-likeness (QED) is 0.543. The number of hydrogen-bond acceptors (Lipinski definition) is 6. The van der Waals surface area contributed by atoms with Gasteiger partial charge in [-0.3, -0.25) is 4.99 Å². The van der Waals surface area contributed by atoms with E-state index < -0.39 is 0 Å². The molecule has 7 nitrogen and oxygen atoms in total. The van der Waals surface area contributed by atoms with Crippen LogP contribution in [0.5, 0.6) is 0 Å². The molecule has 0 amide bonds. The number of aromatic nitrogens is 2. The minimum atomic E-state index is -0.0626. The summed E-state index contributed by atoms with van der Waals surface area (Å²) in [5.41, 5.74) is 13.9. The predicted octanol–water partition coefficient (Wildman–Crippen LogP) is 3.72. The highest BCUT2D eigenvalue weighted by atomic mass is 16.3. The lowest BCUT2D eigenvalue weighted by Gasteiger charge is -2.22. The van der Waals surface area contributed by atoms with Crippen LogP contribution in [0.15, 0.2) is 78.0 Å². The van der Waals surface area contributed by atoms with Crippen LogP contribution in [0, 0.1) is 13.8 Å². The maximum Gasteiger partial charge on any atom is 0.152 e. The number of anilines is 1. The van der Waals surface area contributed by atoms with Gasteiger partial charge in [0.25, 0.3) is 0 Å². The average Bonchev–Trinajstić information content (AvgIpc) is 3.46. The molecule has 2 aliphatic heterocycles.